The van der Waals surface area contributed by atoms with E-state index in [0.717, 1.165) is 17.5 Å². The van der Waals surface area contributed by atoms with E-state index in [1.165, 1.54) is 37.7 Å². The highest BCUT2D eigenvalue weighted by Crippen LogP contribution is 2.15. The van der Waals surface area contributed by atoms with Gasteiger partial charge in [-0.15, -0.1) is 0 Å². The van der Waals surface area contributed by atoms with E-state index in [0.29, 0.717) is 6.42 Å². The average Bonchev–Trinajstić information content (AvgIpc) is 2.38. The highest BCUT2D eigenvalue weighted by molar-refractivity contribution is 5.97. The van der Waals surface area contributed by atoms with Crippen molar-refractivity contribution in [3.05, 3.63) is 34.9 Å². The van der Waals surface area contributed by atoms with Gasteiger partial charge in [0.25, 0.3) is 0 Å². The zero-order chi connectivity index (χ0) is 13.4. The Kier molecular flexibility index (Phi) is 6.70. The van der Waals surface area contributed by atoms with Gasteiger partial charge in [-0.1, -0.05) is 57.7 Å². The fourth-order valence-corrected chi connectivity index (χ4v) is 2.32. The minimum atomic E-state index is 0.252. The first-order chi connectivity index (χ1) is 8.69. The molecule has 0 aliphatic heterocycles. The summed E-state index contributed by atoms with van der Waals surface area (Å²) in [4.78, 5) is 11.7. The quantitative estimate of drug-likeness (QED) is 0.460. The molecule has 0 aliphatic rings. The normalized spacial score (nSPS) is 10.6. The number of carbonyl (C=O) groups is 1. The van der Waals surface area contributed by atoms with Crippen LogP contribution in [-0.2, 0) is 6.42 Å². The molecule has 0 amide bonds. The lowest BCUT2D eigenvalue weighted by molar-refractivity contribution is 0.0987. The van der Waals surface area contributed by atoms with Crippen LogP contribution in [0.25, 0.3) is 0 Å². The van der Waals surface area contributed by atoms with Crippen molar-refractivity contribution in [1.29, 1.82) is 0 Å². The summed E-state index contributed by atoms with van der Waals surface area (Å²) in [7, 11) is 0. The van der Waals surface area contributed by atoms with Gasteiger partial charge in [0.05, 0.1) is 0 Å². The molecule has 100 valence electrons. The minimum Gasteiger partial charge on any atom is -0.294 e. The molecule has 1 nitrogen and oxygen atoms in total. The van der Waals surface area contributed by atoms with E-state index in [4.69, 9.17) is 0 Å². The second-order valence-electron chi connectivity index (χ2n) is 5.09. The minimum absolute atomic E-state index is 0.252. The number of hydrogen-bond acceptors (Lipinski definition) is 1. The summed E-state index contributed by atoms with van der Waals surface area (Å²) in [5, 5.41) is 0. The monoisotopic (exact) mass is 246 g/mol. The second-order valence-corrected chi connectivity index (χ2v) is 5.09. The molecular weight excluding hydrogens is 220 g/mol. The SMILES string of the molecule is CCCCCCCc1ccc(C(=O)CC)c(C)c1. The average molecular weight is 246 g/mol. The third-order valence-corrected chi connectivity index (χ3v) is 3.48. The van der Waals surface area contributed by atoms with Crippen LogP contribution in [0.4, 0.5) is 0 Å². The molecule has 0 aliphatic carbocycles. The summed E-state index contributed by atoms with van der Waals surface area (Å²) in [6, 6.07) is 6.31. The number of rotatable bonds is 8. The van der Waals surface area contributed by atoms with Crippen molar-refractivity contribution in [2.45, 2.75) is 65.7 Å². The number of unbranched alkanes of at least 4 members (excludes halogenated alkanes) is 4. The molecule has 0 N–H and O–H groups in total. The molecule has 0 spiro atoms. The first-order valence-electron chi connectivity index (χ1n) is 7.31. The van der Waals surface area contributed by atoms with E-state index in [1.807, 2.05) is 19.9 Å². The molecule has 0 atom stereocenters. The van der Waals surface area contributed by atoms with E-state index in [-0.39, 0.29) is 5.78 Å². The molecule has 0 fully saturated rings. The number of hydrogen-bond donors (Lipinski definition) is 0. The Balaban J connectivity index is 2.49. The zero-order valence-electron chi connectivity index (χ0n) is 12.1. The van der Waals surface area contributed by atoms with Gasteiger partial charge in [0.15, 0.2) is 5.78 Å². The Morgan fingerprint density at radius 1 is 1.06 bits per heavy atom. The smallest absolute Gasteiger partial charge is 0.162 e. The lowest BCUT2D eigenvalue weighted by Crippen LogP contribution is -2.00. The fourth-order valence-electron chi connectivity index (χ4n) is 2.32. The van der Waals surface area contributed by atoms with Gasteiger partial charge < -0.3 is 0 Å². The predicted octanol–water partition coefficient (Wildman–Crippen LogP) is 5.10. The topological polar surface area (TPSA) is 17.1 Å². The molecule has 0 bridgehead atoms. The van der Waals surface area contributed by atoms with Crippen LogP contribution in [0.15, 0.2) is 18.2 Å². The fraction of sp³-hybridized carbons (Fsp3) is 0.588. The van der Waals surface area contributed by atoms with E-state index in [2.05, 4.69) is 19.1 Å². The Hall–Kier alpha value is -1.11. The number of carbonyl (C=O) groups excluding carboxylic acids is 1. The first-order valence-corrected chi connectivity index (χ1v) is 7.31. The van der Waals surface area contributed by atoms with Crippen LogP contribution in [-0.4, -0.2) is 5.78 Å². The van der Waals surface area contributed by atoms with Gasteiger partial charge in [-0.05, 0) is 30.9 Å². The van der Waals surface area contributed by atoms with Crippen LogP contribution in [0, 0.1) is 6.92 Å². The second kappa shape index (κ2) is 8.07. The Morgan fingerprint density at radius 2 is 1.78 bits per heavy atom. The summed E-state index contributed by atoms with van der Waals surface area (Å²) in [5.41, 5.74) is 3.40. The van der Waals surface area contributed by atoms with Gasteiger partial charge in [-0.2, -0.15) is 0 Å². The van der Waals surface area contributed by atoms with E-state index >= 15 is 0 Å². The predicted molar refractivity (Wildman–Crippen MR) is 78.3 cm³/mol. The lowest BCUT2D eigenvalue weighted by atomic mass is 9.98. The number of benzene rings is 1. The Labute approximate surface area is 112 Å². The van der Waals surface area contributed by atoms with Crippen molar-refractivity contribution in [3.8, 4) is 0 Å². The zero-order valence-corrected chi connectivity index (χ0v) is 12.1. The Bertz CT molecular complexity index is 379. The van der Waals surface area contributed by atoms with Crippen LogP contribution in [0.1, 0.15) is 73.9 Å². The number of Topliss-reactive ketones (excluding diaryl/α,β-unsaturated/α-hetero) is 1. The van der Waals surface area contributed by atoms with Crippen LogP contribution in [0.3, 0.4) is 0 Å². The molecule has 0 aromatic heterocycles. The highest BCUT2D eigenvalue weighted by Gasteiger charge is 2.06. The van der Waals surface area contributed by atoms with Gasteiger partial charge in [-0.25, -0.2) is 0 Å². The number of ketones is 1. The highest BCUT2D eigenvalue weighted by atomic mass is 16.1. The molecule has 1 aromatic rings. The van der Waals surface area contributed by atoms with Crippen LogP contribution in [0.5, 0.6) is 0 Å². The molecule has 0 heterocycles. The van der Waals surface area contributed by atoms with Gasteiger partial charge in [0.1, 0.15) is 0 Å². The molecule has 18 heavy (non-hydrogen) atoms. The molecular formula is C17H26O. The molecule has 0 unspecified atom stereocenters. The summed E-state index contributed by atoms with van der Waals surface area (Å²) < 4.78 is 0. The van der Waals surface area contributed by atoms with Gasteiger partial charge >= 0.3 is 0 Å². The van der Waals surface area contributed by atoms with Crippen molar-refractivity contribution in [1.82, 2.24) is 0 Å². The van der Waals surface area contributed by atoms with Crippen molar-refractivity contribution in [3.63, 3.8) is 0 Å². The standard InChI is InChI=1S/C17H26O/c1-4-6-7-8-9-10-15-11-12-16(14(3)13-15)17(18)5-2/h11-13H,4-10H2,1-3H3. The Morgan fingerprint density at radius 3 is 2.39 bits per heavy atom. The summed E-state index contributed by atoms with van der Waals surface area (Å²) in [5.74, 6) is 0.252. The molecule has 1 rings (SSSR count). The lowest BCUT2D eigenvalue weighted by Gasteiger charge is -2.07. The molecule has 0 radical (unpaired) electrons. The van der Waals surface area contributed by atoms with Gasteiger partial charge in [0, 0.05) is 12.0 Å². The largest absolute Gasteiger partial charge is 0.294 e. The summed E-state index contributed by atoms with van der Waals surface area (Å²) >= 11 is 0. The van der Waals surface area contributed by atoms with E-state index < -0.39 is 0 Å². The first kappa shape index (κ1) is 14.9. The van der Waals surface area contributed by atoms with Crippen molar-refractivity contribution >= 4 is 5.78 Å². The summed E-state index contributed by atoms with van der Waals surface area (Å²) in [6.45, 7) is 6.21. The van der Waals surface area contributed by atoms with E-state index in [9.17, 15) is 4.79 Å². The third kappa shape index (κ3) is 4.64. The van der Waals surface area contributed by atoms with Gasteiger partial charge in [0.2, 0.25) is 0 Å². The van der Waals surface area contributed by atoms with Crippen LogP contribution < -0.4 is 0 Å². The van der Waals surface area contributed by atoms with Crippen molar-refractivity contribution in [2.75, 3.05) is 0 Å². The molecule has 0 saturated carbocycles. The van der Waals surface area contributed by atoms with Crippen molar-refractivity contribution < 1.29 is 4.79 Å². The van der Waals surface area contributed by atoms with Gasteiger partial charge in [-0.3, -0.25) is 4.79 Å². The molecule has 1 aromatic carbocycles. The maximum atomic E-state index is 11.7. The van der Waals surface area contributed by atoms with E-state index in [1.54, 1.807) is 0 Å². The third-order valence-electron chi connectivity index (χ3n) is 3.48. The molecule has 0 saturated heterocycles. The molecule has 1 heteroatoms. The maximum absolute atomic E-state index is 11.7. The summed E-state index contributed by atoms with van der Waals surface area (Å²) in [6.07, 6.45) is 8.32. The van der Waals surface area contributed by atoms with Crippen LogP contribution >= 0.6 is 0 Å². The van der Waals surface area contributed by atoms with Crippen LogP contribution in [0.2, 0.25) is 0 Å². The van der Waals surface area contributed by atoms with Crippen molar-refractivity contribution in [2.24, 2.45) is 0 Å². The maximum Gasteiger partial charge on any atom is 0.162 e. The number of aryl methyl sites for hydroxylation is 2.